The minimum absolute atomic E-state index is 0.498. The molecule has 2 unspecified atom stereocenters. The van der Waals surface area contributed by atoms with E-state index in [1.165, 1.54) is 17.5 Å². The lowest BCUT2D eigenvalue weighted by Crippen LogP contribution is -2.24. The second-order valence-corrected chi connectivity index (χ2v) is 4.68. The molecule has 2 N–H and O–H groups in total. The molecule has 14 heavy (non-hydrogen) atoms. The molecule has 0 fully saturated rings. The molecule has 0 aliphatic heterocycles. The summed E-state index contributed by atoms with van der Waals surface area (Å²) in [4.78, 5) is 0. The SMILES string of the molecule is CC1CCc2c(cn(C)c2Cl)C1CN. The molecule has 78 valence electrons. The third-order valence-electron chi connectivity index (χ3n) is 3.43. The Morgan fingerprint density at radius 3 is 3.00 bits per heavy atom. The largest absolute Gasteiger partial charge is 0.341 e. The van der Waals surface area contributed by atoms with E-state index in [0.29, 0.717) is 11.8 Å². The van der Waals surface area contributed by atoms with E-state index >= 15 is 0 Å². The van der Waals surface area contributed by atoms with Crippen LogP contribution in [0.4, 0.5) is 0 Å². The standard InChI is InChI=1S/C11H17ClN2/c1-7-3-4-8-10(9(7)5-13)6-14(2)11(8)12/h6-7,9H,3-5,13H2,1-2H3. The second-order valence-electron chi connectivity index (χ2n) is 4.32. The van der Waals surface area contributed by atoms with Crippen LogP contribution >= 0.6 is 11.6 Å². The molecule has 1 aromatic heterocycles. The molecule has 1 aliphatic rings. The van der Waals surface area contributed by atoms with Gasteiger partial charge in [0.05, 0.1) is 0 Å². The average Bonchev–Trinajstić information content (AvgIpc) is 2.43. The Morgan fingerprint density at radius 2 is 2.36 bits per heavy atom. The van der Waals surface area contributed by atoms with E-state index in [2.05, 4.69) is 13.1 Å². The number of fused-ring (bicyclic) bond motifs is 1. The molecule has 1 aromatic rings. The minimum atomic E-state index is 0.498. The van der Waals surface area contributed by atoms with E-state index in [0.717, 1.165) is 18.1 Å². The molecule has 0 aromatic carbocycles. The van der Waals surface area contributed by atoms with Crippen molar-refractivity contribution in [3.05, 3.63) is 22.5 Å². The number of aryl methyl sites for hydroxylation is 1. The van der Waals surface area contributed by atoms with Crippen LogP contribution in [0.2, 0.25) is 5.15 Å². The molecular formula is C11H17ClN2. The highest BCUT2D eigenvalue weighted by Crippen LogP contribution is 2.39. The van der Waals surface area contributed by atoms with Gasteiger partial charge in [0, 0.05) is 19.2 Å². The molecule has 1 aliphatic carbocycles. The maximum Gasteiger partial charge on any atom is 0.112 e. The van der Waals surface area contributed by atoms with Gasteiger partial charge in [-0.2, -0.15) is 0 Å². The summed E-state index contributed by atoms with van der Waals surface area (Å²) in [6.07, 6.45) is 4.45. The van der Waals surface area contributed by atoms with Crippen LogP contribution < -0.4 is 5.73 Å². The summed E-state index contributed by atoms with van der Waals surface area (Å²) in [6, 6.07) is 0. The van der Waals surface area contributed by atoms with Crippen molar-refractivity contribution in [2.75, 3.05) is 6.54 Å². The van der Waals surface area contributed by atoms with Crippen molar-refractivity contribution >= 4 is 11.6 Å². The van der Waals surface area contributed by atoms with Gasteiger partial charge in [0.2, 0.25) is 0 Å². The number of aromatic nitrogens is 1. The molecule has 0 radical (unpaired) electrons. The van der Waals surface area contributed by atoms with Crippen molar-refractivity contribution in [2.24, 2.45) is 18.7 Å². The van der Waals surface area contributed by atoms with Crippen LogP contribution in [0.1, 0.15) is 30.4 Å². The Hall–Kier alpha value is -0.470. The van der Waals surface area contributed by atoms with Gasteiger partial charge < -0.3 is 10.3 Å². The Kier molecular flexibility index (Phi) is 2.58. The zero-order chi connectivity index (χ0) is 10.3. The molecule has 0 spiro atoms. The van der Waals surface area contributed by atoms with Crippen LogP contribution in [0.25, 0.3) is 0 Å². The summed E-state index contributed by atoms with van der Waals surface area (Å²) < 4.78 is 2.01. The van der Waals surface area contributed by atoms with Crippen LogP contribution in [0, 0.1) is 5.92 Å². The van der Waals surface area contributed by atoms with Crippen molar-refractivity contribution in [2.45, 2.75) is 25.7 Å². The van der Waals surface area contributed by atoms with Crippen molar-refractivity contribution in [3.63, 3.8) is 0 Å². The second kappa shape index (κ2) is 3.59. The molecule has 0 saturated carbocycles. The molecule has 2 nitrogen and oxygen atoms in total. The Bertz CT molecular complexity index is 343. The van der Waals surface area contributed by atoms with E-state index in [1.54, 1.807) is 0 Å². The smallest absolute Gasteiger partial charge is 0.112 e. The lowest BCUT2D eigenvalue weighted by molar-refractivity contribution is 0.410. The molecule has 1 heterocycles. The van der Waals surface area contributed by atoms with E-state index < -0.39 is 0 Å². The quantitative estimate of drug-likeness (QED) is 0.761. The summed E-state index contributed by atoms with van der Waals surface area (Å²) in [5.74, 6) is 1.18. The lowest BCUT2D eigenvalue weighted by atomic mass is 9.78. The molecule has 0 amide bonds. The van der Waals surface area contributed by atoms with Gasteiger partial charge in [-0.05, 0) is 36.4 Å². The molecule has 0 bridgehead atoms. The van der Waals surface area contributed by atoms with Gasteiger partial charge in [0.25, 0.3) is 0 Å². The number of nitrogens with zero attached hydrogens (tertiary/aromatic N) is 1. The third kappa shape index (κ3) is 1.37. The highest BCUT2D eigenvalue weighted by atomic mass is 35.5. The first-order valence-electron chi connectivity index (χ1n) is 5.18. The van der Waals surface area contributed by atoms with Gasteiger partial charge in [0.1, 0.15) is 5.15 Å². The van der Waals surface area contributed by atoms with Crippen molar-refractivity contribution in [3.8, 4) is 0 Å². The van der Waals surface area contributed by atoms with Gasteiger partial charge >= 0.3 is 0 Å². The zero-order valence-corrected chi connectivity index (χ0v) is 9.51. The summed E-state index contributed by atoms with van der Waals surface area (Å²) in [5, 5.41) is 0.894. The maximum atomic E-state index is 6.22. The lowest BCUT2D eigenvalue weighted by Gasteiger charge is -2.28. The number of rotatable bonds is 1. The van der Waals surface area contributed by atoms with Crippen LogP contribution in [-0.4, -0.2) is 11.1 Å². The first-order chi connectivity index (χ1) is 6.65. The molecule has 0 saturated heterocycles. The summed E-state index contributed by atoms with van der Waals surface area (Å²) >= 11 is 6.22. The van der Waals surface area contributed by atoms with E-state index in [4.69, 9.17) is 17.3 Å². The topological polar surface area (TPSA) is 30.9 Å². The zero-order valence-electron chi connectivity index (χ0n) is 8.76. The predicted molar refractivity (Wildman–Crippen MR) is 59.7 cm³/mol. The predicted octanol–water partition coefficient (Wildman–Crippen LogP) is 2.30. The Balaban J connectivity index is 2.47. The van der Waals surface area contributed by atoms with Gasteiger partial charge in [-0.1, -0.05) is 18.5 Å². The first kappa shape index (κ1) is 10.1. The molecular weight excluding hydrogens is 196 g/mol. The van der Waals surface area contributed by atoms with Gasteiger partial charge in [-0.15, -0.1) is 0 Å². The van der Waals surface area contributed by atoms with Crippen molar-refractivity contribution in [1.29, 1.82) is 0 Å². The van der Waals surface area contributed by atoms with Gasteiger partial charge in [-0.25, -0.2) is 0 Å². The number of nitrogens with two attached hydrogens (primary N) is 1. The fraction of sp³-hybridized carbons (Fsp3) is 0.636. The monoisotopic (exact) mass is 212 g/mol. The van der Waals surface area contributed by atoms with Gasteiger partial charge in [0.15, 0.2) is 0 Å². The normalized spacial score (nSPS) is 26.3. The number of hydrogen-bond donors (Lipinski definition) is 1. The van der Waals surface area contributed by atoms with Crippen LogP contribution in [0.3, 0.4) is 0 Å². The van der Waals surface area contributed by atoms with E-state index in [9.17, 15) is 0 Å². The fourth-order valence-electron chi connectivity index (χ4n) is 2.48. The molecule has 2 rings (SSSR count). The summed E-state index contributed by atoms with van der Waals surface area (Å²) in [5.41, 5.74) is 8.51. The van der Waals surface area contributed by atoms with Crippen LogP contribution in [-0.2, 0) is 13.5 Å². The first-order valence-corrected chi connectivity index (χ1v) is 5.56. The minimum Gasteiger partial charge on any atom is -0.341 e. The maximum absolute atomic E-state index is 6.22. The van der Waals surface area contributed by atoms with Crippen LogP contribution in [0.5, 0.6) is 0 Å². The molecule has 3 heteroatoms. The van der Waals surface area contributed by atoms with Crippen molar-refractivity contribution < 1.29 is 0 Å². The Morgan fingerprint density at radius 1 is 1.64 bits per heavy atom. The highest BCUT2D eigenvalue weighted by Gasteiger charge is 2.28. The number of halogens is 1. The summed E-state index contributed by atoms with van der Waals surface area (Å²) in [6.45, 7) is 3.01. The average molecular weight is 213 g/mol. The summed E-state index contributed by atoms with van der Waals surface area (Å²) in [7, 11) is 2.00. The third-order valence-corrected chi connectivity index (χ3v) is 3.92. The van der Waals surface area contributed by atoms with E-state index in [-0.39, 0.29) is 0 Å². The van der Waals surface area contributed by atoms with Crippen molar-refractivity contribution in [1.82, 2.24) is 4.57 Å². The molecule has 2 atom stereocenters. The Labute approximate surface area is 90.0 Å². The van der Waals surface area contributed by atoms with Gasteiger partial charge in [-0.3, -0.25) is 0 Å². The fourth-order valence-corrected chi connectivity index (χ4v) is 2.73. The number of hydrogen-bond acceptors (Lipinski definition) is 1. The highest BCUT2D eigenvalue weighted by molar-refractivity contribution is 6.30. The van der Waals surface area contributed by atoms with Crippen LogP contribution in [0.15, 0.2) is 6.20 Å². The van der Waals surface area contributed by atoms with E-state index in [1.807, 2.05) is 11.6 Å².